The molecule has 0 aromatic heterocycles. The average Bonchev–Trinajstić information content (AvgIpc) is 2.26. The fourth-order valence-electron chi connectivity index (χ4n) is 1.60. The van der Waals surface area contributed by atoms with Crippen molar-refractivity contribution in [2.24, 2.45) is 0 Å². The van der Waals surface area contributed by atoms with Gasteiger partial charge in [-0.1, -0.05) is 0 Å². The van der Waals surface area contributed by atoms with Gasteiger partial charge in [0.1, 0.15) is 15.6 Å². The van der Waals surface area contributed by atoms with Crippen LogP contribution in [0.4, 0.5) is 0 Å². The van der Waals surface area contributed by atoms with Gasteiger partial charge < -0.3 is 10.1 Å². The van der Waals surface area contributed by atoms with Crippen LogP contribution in [0.5, 0.6) is 5.75 Å². The first kappa shape index (κ1) is 16.0. The van der Waals surface area contributed by atoms with Crippen LogP contribution >= 0.6 is 15.9 Å². The summed E-state index contributed by atoms with van der Waals surface area (Å²) in [6, 6.07) is 4.56. The van der Waals surface area contributed by atoms with Crippen molar-refractivity contribution < 1.29 is 17.9 Å². The van der Waals surface area contributed by atoms with Crippen molar-refractivity contribution in [1.82, 2.24) is 5.32 Å². The molecule has 0 heterocycles. The van der Waals surface area contributed by atoms with Crippen LogP contribution < -0.4 is 10.1 Å². The van der Waals surface area contributed by atoms with Crippen molar-refractivity contribution in [3.63, 3.8) is 0 Å². The number of nitrogens with one attached hydrogen (secondary N) is 1. The molecule has 7 heteroatoms. The van der Waals surface area contributed by atoms with Crippen LogP contribution in [-0.2, 0) is 9.84 Å². The molecule has 0 bridgehead atoms. The Balaban J connectivity index is 2.83. The van der Waals surface area contributed by atoms with E-state index in [1.165, 1.54) is 7.11 Å². The maximum atomic E-state index is 12.0. The highest BCUT2D eigenvalue weighted by Crippen LogP contribution is 2.22. The van der Waals surface area contributed by atoms with Gasteiger partial charge in [0.25, 0.3) is 5.91 Å². The summed E-state index contributed by atoms with van der Waals surface area (Å²) in [7, 11) is -1.61. The summed E-state index contributed by atoms with van der Waals surface area (Å²) in [4.78, 5) is 12.0. The third-order valence-electron chi connectivity index (χ3n) is 2.35. The number of hydrogen-bond acceptors (Lipinski definition) is 4. The van der Waals surface area contributed by atoms with Gasteiger partial charge in [-0.05, 0) is 41.1 Å². The number of rotatable bonds is 5. The van der Waals surface area contributed by atoms with E-state index in [4.69, 9.17) is 4.74 Å². The molecule has 1 aromatic carbocycles. The average molecular weight is 350 g/mol. The Morgan fingerprint density at radius 3 is 2.63 bits per heavy atom. The van der Waals surface area contributed by atoms with Crippen LogP contribution in [0.25, 0.3) is 0 Å². The van der Waals surface area contributed by atoms with E-state index >= 15 is 0 Å². The monoisotopic (exact) mass is 349 g/mol. The molecule has 0 spiro atoms. The van der Waals surface area contributed by atoms with E-state index in [-0.39, 0.29) is 11.7 Å². The zero-order chi connectivity index (χ0) is 14.6. The molecule has 0 radical (unpaired) electrons. The van der Waals surface area contributed by atoms with Gasteiger partial charge in [0.15, 0.2) is 0 Å². The quantitative estimate of drug-likeness (QED) is 0.876. The highest BCUT2D eigenvalue weighted by Gasteiger charge is 2.16. The number of sulfone groups is 1. The number of carbonyl (C=O) groups excluding carboxylic acids is 1. The molecule has 0 fully saturated rings. The van der Waals surface area contributed by atoms with Crippen molar-refractivity contribution in [3.05, 3.63) is 28.2 Å². The van der Waals surface area contributed by atoms with Crippen molar-refractivity contribution in [3.8, 4) is 5.75 Å². The number of carbonyl (C=O) groups is 1. The lowest BCUT2D eigenvalue weighted by Gasteiger charge is -2.14. The summed E-state index contributed by atoms with van der Waals surface area (Å²) in [6.07, 6.45) is 1.14. The fraction of sp³-hybridized carbons (Fsp3) is 0.417. The van der Waals surface area contributed by atoms with Crippen LogP contribution in [0.15, 0.2) is 22.7 Å². The Kier molecular flexibility index (Phi) is 5.37. The van der Waals surface area contributed by atoms with E-state index in [9.17, 15) is 13.2 Å². The van der Waals surface area contributed by atoms with E-state index in [0.717, 1.165) is 6.26 Å². The Morgan fingerprint density at radius 1 is 1.47 bits per heavy atom. The smallest absolute Gasteiger partial charge is 0.252 e. The molecule has 0 saturated heterocycles. The molecule has 19 heavy (non-hydrogen) atoms. The Hall–Kier alpha value is -1.08. The standard InChI is InChI=1S/C12H16BrNO4S/c1-8(7-19(3,16)17)14-12(15)10-6-9(18-2)4-5-11(10)13/h4-6,8H,7H2,1-3H3,(H,14,15). The predicted molar refractivity (Wildman–Crippen MR) is 77.3 cm³/mol. The number of amides is 1. The molecule has 1 amide bonds. The van der Waals surface area contributed by atoms with Gasteiger partial charge in [-0.2, -0.15) is 0 Å². The van der Waals surface area contributed by atoms with Crippen molar-refractivity contribution >= 4 is 31.7 Å². The minimum atomic E-state index is -3.13. The summed E-state index contributed by atoms with van der Waals surface area (Å²) < 4.78 is 28.0. The fourth-order valence-corrected chi connectivity index (χ4v) is 3.02. The highest BCUT2D eigenvalue weighted by atomic mass is 79.9. The van der Waals surface area contributed by atoms with Gasteiger partial charge >= 0.3 is 0 Å². The molecule has 1 unspecified atom stereocenters. The first-order chi connectivity index (χ1) is 8.73. The first-order valence-corrected chi connectivity index (χ1v) is 8.40. The van der Waals surface area contributed by atoms with Crippen LogP contribution in [-0.4, -0.2) is 39.5 Å². The van der Waals surface area contributed by atoms with Crippen molar-refractivity contribution in [2.75, 3.05) is 19.1 Å². The molecule has 106 valence electrons. The van der Waals surface area contributed by atoms with Gasteiger partial charge in [0, 0.05) is 16.8 Å². The molecule has 0 saturated carbocycles. The zero-order valence-corrected chi connectivity index (χ0v) is 13.3. The SMILES string of the molecule is COc1ccc(Br)c(C(=O)NC(C)CS(C)(=O)=O)c1. The van der Waals surface area contributed by atoms with E-state index in [1.54, 1.807) is 25.1 Å². The topological polar surface area (TPSA) is 72.5 Å². The van der Waals surface area contributed by atoms with Gasteiger partial charge in [-0.15, -0.1) is 0 Å². The lowest BCUT2D eigenvalue weighted by molar-refractivity contribution is 0.0942. The van der Waals surface area contributed by atoms with E-state index in [2.05, 4.69) is 21.2 Å². The van der Waals surface area contributed by atoms with Gasteiger partial charge in [0.2, 0.25) is 0 Å². The molecule has 0 aliphatic rings. The molecule has 0 aliphatic heterocycles. The number of methoxy groups -OCH3 is 1. The summed E-state index contributed by atoms with van der Waals surface area (Å²) in [5, 5.41) is 2.64. The van der Waals surface area contributed by atoms with Crippen LogP contribution in [0.3, 0.4) is 0 Å². The molecule has 1 aromatic rings. The Labute approximate surface area is 121 Å². The van der Waals surface area contributed by atoms with Gasteiger partial charge in [-0.25, -0.2) is 8.42 Å². The van der Waals surface area contributed by atoms with Crippen molar-refractivity contribution in [2.45, 2.75) is 13.0 Å². The van der Waals surface area contributed by atoms with E-state index in [0.29, 0.717) is 15.8 Å². The molecule has 5 nitrogen and oxygen atoms in total. The number of halogens is 1. The summed E-state index contributed by atoms with van der Waals surface area (Å²) in [5.41, 5.74) is 0.403. The van der Waals surface area contributed by atoms with Crippen LogP contribution in [0.1, 0.15) is 17.3 Å². The highest BCUT2D eigenvalue weighted by molar-refractivity contribution is 9.10. The summed E-state index contributed by atoms with van der Waals surface area (Å²) in [5.74, 6) is 0.117. The second-order valence-electron chi connectivity index (χ2n) is 4.31. The summed E-state index contributed by atoms with van der Waals surface area (Å²) in [6.45, 7) is 1.65. The second kappa shape index (κ2) is 6.38. The number of benzene rings is 1. The largest absolute Gasteiger partial charge is 0.497 e. The van der Waals surface area contributed by atoms with Crippen LogP contribution in [0.2, 0.25) is 0 Å². The molecule has 1 atom stereocenters. The van der Waals surface area contributed by atoms with Crippen molar-refractivity contribution in [1.29, 1.82) is 0 Å². The van der Waals surface area contributed by atoms with E-state index < -0.39 is 15.9 Å². The normalized spacial score (nSPS) is 12.8. The third kappa shape index (κ3) is 5.20. The second-order valence-corrected chi connectivity index (χ2v) is 7.35. The number of ether oxygens (including phenoxy) is 1. The van der Waals surface area contributed by atoms with Gasteiger partial charge in [-0.3, -0.25) is 4.79 Å². The zero-order valence-electron chi connectivity index (χ0n) is 10.9. The first-order valence-electron chi connectivity index (χ1n) is 5.55. The third-order valence-corrected chi connectivity index (χ3v) is 4.15. The summed E-state index contributed by atoms with van der Waals surface area (Å²) >= 11 is 3.28. The predicted octanol–water partition coefficient (Wildman–Crippen LogP) is 1.62. The van der Waals surface area contributed by atoms with Gasteiger partial charge in [0.05, 0.1) is 18.4 Å². The number of hydrogen-bond donors (Lipinski definition) is 1. The minimum Gasteiger partial charge on any atom is -0.497 e. The lowest BCUT2D eigenvalue weighted by Crippen LogP contribution is -2.37. The molecular weight excluding hydrogens is 334 g/mol. The Bertz CT molecular complexity index is 571. The minimum absolute atomic E-state index is 0.0969. The van der Waals surface area contributed by atoms with Crippen LogP contribution in [0, 0.1) is 0 Å². The lowest BCUT2D eigenvalue weighted by atomic mass is 10.2. The molecule has 1 rings (SSSR count). The molecule has 0 aliphatic carbocycles. The molecular formula is C12H16BrNO4S. The Morgan fingerprint density at radius 2 is 2.11 bits per heavy atom. The molecule has 1 N–H and O–H groups in total. The van der Waals surface area contributed by atoms with E-state index in [1.807, 2.05) is 0 Å². The maximum absolute atomic E-state index is 12.0. The maximum Gasteiger partial charge on any atom is 0.252 e.